The average molecular weight is 239 g/mol. The number of nitrogens with one attached hydrogen (secondary N) is 1. The number of morpholine rings is 1. The molecule has 17 heavy (non-hydrogen) atoms. The molecule has 0 aromatic carbocycles. The summed E-state index contributed by atoms with van der Waals surface area (Å²) in [5, 5.41) is 3.76. The Bertz CT molecular complexity index is 225. The van der Waals surface area contributed by atoms with Crippen LogP contribution in [0, 0.1) is 11.8 Å². The van der Waals surface area contributed by atoms with Crippen LogP contribution >= 0.6 is 0 Å². The Balaban J connectivity index is 2.05. The molecule has 0 amide bonds. The second kappa shape index (κ2) is 5.71. The van der Waals surface area contributed by atoms with Crippen LogP contribution in [0.4, 0.5) is 0 Å². The number of hydrogen-bond acceptors (Lipinski definition) is 2. The summed E-state index contributed by atoms with van der Waals surface area (Å²) in [4.78, 5) is 0. The van der Waals surface area contributed by atoms with Gasteiger partial charge in [0.05, 0.1) is 12.2 Å². The molecule has 2 heteroatoms. The smallest absolute Gasteiger partial charge is 0.0838 e. The predicted molar refractivity (Wildman–Crippen MR) is 72.2 cm³/mol. The van der Waals surface area contributed by atoms with Gasteiger partial charge in [-0.3, -0.25) is 0 Å². The largest absolute Gasteiger partial charge is 0.372 e. The zero-order valence-electron chi connectivity index (χ0n) is 11.8. The van der Waals surface area contributed by atoms with E-state index < -0.39 is 0 Å². The van der Waals surface area contributed by atoms with Crippen molar-refractivity contribution in [1.82, 2.24) is 5.32 Å². The first-order valence-electron chi connectivity index (χ1n) is 7.51. The minimum absolute atomic E-state index is 0.171. The van der Waals surface area contributed by atoms with E-state index in [2.05, 4.69) is 26.1 Å². The monoisotopic (exact) mass is 239 g/mol. The molecule has 1 saturated carbocycles. The van der Waals surface area contributed by atoms with E-state index in [4.69, 9.17) is 4.74 Å². The quantitative estimate of drug-likeness (QED) is 0.815. The Kier molecular flexibility index (Phi) is 4.48. The van der Waals surface area contributed by atoms with Crippen LogP contribution in [0.3, 0.4) is 0 Å². The molecule has 1 heterocycles. The van der Waals surface area contributed by atoms with Crippen molar-refractivity contribution in [2.24, 2.45) is 11.8 Å². The summed E-state index contributed by atoms with van der Waals surface area (Å²) in [5.74, 6) is 1.52. The van der Waals surface area contributed by atoms with Gasteiger partial charge < -0.3 is 10.1 Å². The summed E-state index contributed by atoms with van der Waals surface area (Å²) < 4.78 is 6.26. The molecule has 1 spiro atoms. The van der Waals surface area contributed by atoms with Crippen LogP contribution < -0.4 is 5.32 Å². The lowest BCUT2D eigenvalue weighted by Crippen LogP contribution is -2.61. The normalized spacial score (nSPS) is 30.7. The maximum atomic E-state index is 6.26. The minimum atomic E-state index is 0.171. The van der Waals surface area contributed by atoms with Crippen molar-refractivity contribution in [3.63, 3.8) is 0 Å². The third-order valence-electron chi connectivity index (χ3n) is 4.53. The number of hydrogen-bond donors (Lipinski definition) is 1. The molecule has 2 nitrogen and oxygen atoms in total. The van der Waals surface area contributed by atoms with Gasteiger partial charge in [0.2, 0.25) is 0 Å². The molecule has 2 rings (SSSR count). The molecular weight excluding hydrogens is 210 g/mol. The van der Waals surface area contributed by atoms with Crippen molar-refractivity contribution < 1.29 is 4.74 Å². The van der Waals surface area contributed by atoms with Gasteiger partial charge in [0, 0.05) is 12.6 Å². The van der Waals surface area contributed by atoms with E-state index in [-0.39, 0.29) is 5.60 Å². The molecule has 1 saturated heterocycles. The van der Waals surface area contributed by atoms with Crippen molar-refractivity contribution in [3.05, 3.63) is 0 Å². The summed E-state index contributed by atoms with van der Waals surface area (Å²) in [6, 6.07) is 0.582. The van der Waals surface area contributed by atoms with Crippen LogP contribution in [0.5, 0.6) is 0 Å². The van der Waals surface area contributed by atoms with E-state index in [1.807, 2.05) is 0 Å². The maximum Gasteiger partial charge on any atom is 0.0838 e. The Morgan fingerprint density at radius 1 is 1.18 bits per heavy atom. The summed E-state index contributed by atoms with van der Waals surface area (Å²) in [6.45, 7) is 9.00. The zero-order chi connectivity index (χ0) is 12.3. The van der Waals surface area contributed by atoms with E-state index in [9.17, 15) is 0 Å². The standard InChI is InChI=1S/C15H29NO/c1-12(2)11-13(3)14-15(17-10-9-16-14)7-5-4-6-8-15/h12-14,16H,4-11H2,1-3H3. The molecule has 1 aliphatic heterocycles. The van der Waals surface area contributed by atoms with Gasteiger partial charge in [0.25, 0.3) is 0 Å². The minimum Gasteiger partial charge on any atom is -0.372 e. The third-order valence-corrected chi connectivity index (χ3v) is 4.53. The second-order valence-electron chi connectivity index (χ2n) is 6.51. The summed E-state index contributed by atoms with van der Waals surface area (Å²) in [7, 11) is 0. The molecule has 0 radical (unpaired) electrons. The van der Waals surface area contributed by atoms with Crippen molar-refractivity contribution in [1.29, 1.82) is 0 Å². The highest BCUT2D eigenvalue weighted by molar-refractivity contribution is 5.00. The maximum absolute atomic E-state index is 6.26. The fraction of sp³-hybridized carbons (Fsp3) is 1.00. The predicted octanol–water partition coefficient (Wildman–Crippen LogP) is 3.36. The molecular formula is C15H29NO. The van der Waals surface area contributed by atoms with Crippen LogP contribution in [-0.4, -0.2) is 24.8 Å². The molecule has 2 atom stereocenters. The summed E-state index contributed by atoms with van der Waals surface area (Å²) >= 11 is 0. The topological polar surface area (TPSA) is 21.3 Å². The van der Waals surface area contributed by atoms with Gasteiger partial charge >= 0.3 is 0 Å². The van der Waals surface area contributed by atoms with E-state index in [0.29, 0.717) is 6.04 Å². The lowest BCUT2D eigenvalue weighted by atomic mass is 9.72. The SMILES string of the molecule is CC(C)CC(C)C1NCCOC12CCCCC2. The first-order chi connectivity index (χ1) is 8.14. The molecule has 2 unspecified atom stereocenters. The summed E-state index contributed by atoms with van der Waals surface area (Å²) in [6.07, 6.45) is 7.96. The molecule has 100 valence electrons. The lowest BCUT2D eigenvalue weighted by molar-refractivity contribution is -0.130. The fourth-order valence-corrected chi connectivity index (χ4v) is 3.95. The highest BCUT2D eigenvalue weighted by Crippen LogP contribution is 2.39. The Hall–Kier alpha value is -0.0800. The van der Waals surface area contributed by atoms with Gasteiger partial charge in [-0.1, -0.05) is 40.0 Å². The molecule has 2 fully saturated rings. The van der Waals surface area contributed by atoms with Crippen LogP contribution in [0.1, 0.15) is 59.3 Å². The van der Waals surface area contributed by atoms with Crippen molar-refractivity contribution in [2.45, 2.75) is 70.9 Å². The molecule has 0 aromatic heterocycles. The highest BCUT2D eigenvalue weighted by Gasteiger charge is 2.44. The highest BCUT2D eigenvalue weighted by atomic mass is 16.5. The van der Waals surface area contributed by atoms with E-state index in [1.165, 1.54) is 38.5 Å². The van der Waals surface area contributed by atoms with Crippen molar-refractivity contribution >= 4 is 0 Å². The summed E-state index contributed by atoms with van der Waals surface area (Å²) in [5.41, 5.74) is 0.171. The van der Waals surface area contributed by atoms with Crippen molar-refractivity contribution in [3.8, 4) is 0 Å². The average Bonchev–Trinajstić information content (AvgIpc) is 2.29. The van der Waals surface area contributed by atoms with Gasteiger partial charge in [0.1, 0.15) is 0 Å². The van der Waals surface area contributed by atoms with E-state index in [0.717, 1.165) is 25.0 Å². The van der Waals surface area contributed by atoms with E-state index >= 15 is 0 Å². The van der Waals surface area contributed by atoms with Crippen LogP contribution in [0.2, 0.25) is 0 Å². The third kappa shape index (κ3) is 3.03. The first kappa shape index (κ1) is 13.4. The van der Waals surface area contributed by atoms with Crippen LogP contribution in [0.15, 0.2) is 0 Å². The Labute approximate surface area is 107 Å². The van der Waals surface area contributed by atoms with E-state index in [1.54, 1.807) is 0 Å². The zero-order valence-corrected chi connectivity index (χ0v) is 11.8. The van der Waals surface area contributed by atoms with Crippen LogP contribution in [0.25, 0.3) is 0 Å². The van der Waals surface area contributed by atoms with Gasteiger partial charge in [0.15, 0.2) is 0 Å². The van der Waals surface area contributed by atoms with Gasteiger partial charge in [-0.15, -0.1) is 0 Å². The molecule has 2 aliphatic rings. The second-order valence-corrected chi connectivity index (χ2v) is 6.51. The first-order valence-corrected chi connectivity index (χ1v) is 7.51. The number of ether oxygens (including phenoxy) is 1. The lowest BCUT2D eigenvalue weighted by Gasteiger charge is -2.49. The van der Waals surface area contributed by atoms with Gasteiger partial charge in [-0.05, 0) is 31.1 Å². The van der Waals surface area contributed by atoms with Crippen LogP contribution in [-0.2, 0) is 4.74 Å². The van der Waals surface area contributed by atoms with Gasteiger partial charge in [-0.25, -0.2) is 0 Å². The number of rotatable bonds is 3. The Morgan fingerprint density at radius 3 is 2.53 bits per heavy atom. The van der Waals surface area contributed by atoms with Gasteiger partial charge in [-0.2, -0.15) is 0 Å². The molecule has 1 aliphatic carbocycles. The Morgan fingerprint density at radius 2 is 1.88 bits per heavy atom. The molecule has 1 N–H and O–H groups in total. The fourth-order valence-electron chi connectivity index (χ4n) is 3.95. The molecule has 0 bridgehead atoms. The van der Waals surface area contributed by atoms with Crippen molar-refractivity contribution in [2.75, 3.05) is 13.2 Å². The molecule has 0 aromatic rings.